The summed E-state index contributed by atoms with van der Waals surface area (Å²) >= 11 is 3.43. The Balaban J connectivity index is 1.87. The van der Waals surface area contributed by atoms with Gasteiger partial charge in [-0.3, -0.25) is 4.40 Å². The van der Waals surface area contributed by atoms with Gasteiger partial charge in [0.15, 0.2) is 5.82 Å². The van der Waals surface area contributed by atoms with Crippen LogP contribution in [0.1, 0.15) is 5.82 Å². The first-order chi connectivity index (χ1) is 8.84. The molecule has 2 aromatic heterocycles. The van der Waals surface area contributed by atoms with Crippen LogP contribution in [0.2, 0.25) is 0 Å². The van der Waals surface area contributed by atoms with Crippen molar-refractivity contribution in [3.05, 3.63) is 59.3 Å². The molecule has 0 aliphatic heterocycles. The highest BCUT2D eigenvalue weighted by Crippen LogP contribution is 2.19. The molecular formula is C13H10BrN3O. The quantitative estimate of drug-likeness (QED) is 0.746. The highest BCUT2D eigenvalue weighted by molar-refractivity contribution is 9.10. The van der Waals surface area contributed by atoms with Gasteiger partial charge in [0.25, 0.3) is 0 Å². The van der Waals surface area contributed by atoms with Gasteiger partial charge in [0.05, 0.1) is 5.52 Å². The lowest BCUT2D eigenvalue weighted by atomic mass is 10.3. The zero-order chi connectivity index (χ0) is 12.4. The predicted octanol–water partition coefficient (Wildman–Crippen LogP) is 3.07. The number of nitrogens with zero attached hydrogens (tertiary/aromatic N) is 3. The average molecular weight is 304 g/mol. The van der Waals surface area contributed by atoms with E-state index in [0.717, 1.165) is 21.7 Å². The number of hydrogen-bond acceptors (Lipinski definition) is 3. The van der Waals surface area contributed by atoms with Crippen LogP contribution in [0.5, 0.6) is 5.75 Å². The Morgan fingerprint density at radius 2 is 2.00 bits per heavy atom. The van der Waals surface area contributed by atoms with Crippen LogP contribution in [0.3, 0.4) is 0 Å². The summed E-state index contributed by atoms with van der Waals surface area (Å²) in [5.74, 6) is 1.64. The maximum absolute atomic E-state index is 5.68. The van der Waals surface area contributed by atoms with Crippen LogP contribution in [0.4, 0.5) is 0 Å². The lowest BCUT2D eigenvalue weighted by molar-refractivity contribution is 0.295. The molecule has 1 aromatic carbocycles. The fourth-order valence-electron chi connectivity index (χ4n) is 1.73. The summed E-state index contributed by atoms with van der Waals surface area (Å²) in [5, 5.41) is 0. The average Bonchev–Trinajstić information content (AvgIpc) is 2.75. The molecule has 0 fully saturated rings. The Hall–Kier alpha value is -1.88. The second-order valence-electron chi connectivity index (χ2n) is 3.76. The minimum absolute atomic E-state index is 0.405. The molecule has 90 valence electrons. The molecule has 0 bridgehead atoms. The molecule has 0 aliphatic carbocycles. The summed E-state index contributed by atoms with van der Waals surface area (Å²) in [6.07, 6.45) is 3.47. The van der Waals surface area contributed by atoms with Crippen molar-refractivity contribution in [3.63, 3.8) is 0 Å². The summed E-state index contributed by atoms with van der Waals surface area (Å²) in [7, 11) is 0. The topological polar surface area (TPSA) is 39.4 Å². The monoisotopic (exact) mass is 303 g/mol. The van der Waals surface area contributed by atoms with Gasteiger partial charge in [0, 0.05) is 6.20 Å². The van der Waals surface area contributed by atoms with Gasteiger partial charge in [-0.15, -0.1) is 0 Å². The first-order valence-corrected chi connectivity index (χ1v) is 6.28. The van der Waals surface area contributed by atoms with E-state index in [9.17, 15) is 0 Å². The Bertz CT molecular complexity index is 666. The number of hydrogen-bond donors (Lipinski definition) is 0. The Morgan fingerprint density at radius 1 is 1.17 bits per heavy atom. The second kappa shape index (κ2) is 4.78. The predicted molar refractivity (Wildman–Crippen MR) is 71.5 cm³/mol. The lowest BCUT2D eigenvalue weighted by Crippen LogP contribution is -2.01. The second-order valence-corrected chi connectivity index (χ2v) is 4.51. The zero-order valence-corrected chi connectivity index (χ0v) is 11.0. The molecule has 0 aliphatic rings. The molecule has 0 N–H and O–H groups in total. The van der Waals surface area contributed by atoms with Crippen molar-refractivity contribution in [2.75, 3.05) is 0 Å². The minimum atomic E-state index is 0.405. The van der Waals surface area contributed by atoms with Crippen LogP contribution in [0.15, 0.2) is 53.5 Å². The van der Waals surface area contributed by atoms with E-state index >= 15 is 0 Å². The third kappa shape index (κ3) is 2.09. The first kappa shape index (κ1) is 11.2. The highest BCUT2D eigenvalue weighted by Gasteiger charge is 2.08. The molecule has 3 rings (SSSR count). The molecule has 18 heavy (non-hydrogen) atoms. The van der Waals surface area contributed by atoms with Crippen LogP contribution >= 0.6 is 15.9 Å². The number of rotatable bonds is 3. The van der Waals surface area contributed by atoms with Gasteiger partial charge >= 0.3 is 0 Å². The lowest BCUT2D eigenvalue weighted by Gasteiger charge is -2.04. The number of fused-ring (bicyclic) bond motifs is 1. The minimum Gasteiger partial charge on any atom is -0.486 e. The van der Waals surface area contributed by atoms with E-state index < -0.39 is 0 Å². The number of para-hydroxylation sites is 1. The van der Waals surface area contributed by atoms with Crippen molar-refractivity contribution in [3.8, 4) is 5.75 Å². The third-order valence-corrected chi connectivity index (χ3v) is 3.17. The molecule has 4 nitrogen and oxygen atoms in total. The maximum Gasteiger partial charge on any atom is 0.153 e. The molecule has 0 spiro atoms. The van der Waals surface area contributed by atoms with Crippen molar-refractivity contribution in [2.24, 2.45) is 0 Å². The number of imidazole rings is 1. The van der Waals surface area contributed by atoms with Gasteiger partial charge in [0.1, 0.15) is 23.3 Å². The molecule has 0 atom stereocenters. The summed E-state index contributed by atoms with van der Waals surface area (Å²) in [6.45, 7) is 0.405. The first-order valence-electron chi connectivity index (χ1n) is 5.49. The molecule has 0 amide bonds. The third-order valence-electron chi connectivity index (χ3n) is 2.59. The number of halogens is 1. The van der Waals surface area contributed by atoms with Crippen molar-refractivity contribution in [2.45, 2.75) is 6.61 Å². The van der Waals surface area contributed by atoms with E-state index in [1.54, 1.807) is 12.5 Å². The van der Waals surface area contributed by atoms with Crippen molar-refractivity contribution < 1.29 is 4.74 Å². The maximum atomic E-state index is 5.68. The van der Waals surface area contributed by atoms with Gasteiger partial charge in [0.2, 0.25) is 0 Å². The Morgan fingerprint density at radius 3 is 2.83 bits per heavy atom. The van der Waals surface area contributed by atoms with Gasteiger partial charge < -0.3 is 4.74 Å². The molecule has 3 aromatic rings. The summed E-state index contributed by atoms with van der Waals surface area (Å²) in [6, 6.07) is 11.6. The van der Waals surface area contributed by atoms with Crippen LogP contribution in [-0.4, -0.2) is 14.4 Å². The Labute approximate surface area is 112 Å². The molecule has 2 heterocycles. The van der Waals surface area contributed by atoms with E-state index in [-0.39, 0.29) is 0 Å². The molecule has 0 saturated carbocycles. The summed E-state index contributed by atoms with van der Waals surface area (Å²) < 4.78 is 8.39. The fourth-order valence-corrected chi connectivity index (χ4v) is 2.25. The van der Waals surface area contributed by atoms with Crippen LogP contribution in [0, 0.1) is 0 Å². The molecule has 0 radical (unpaired) electrons. The van der Waals surface area contributed by atoms with Gasteiger partial charge in [-0.25, -0.2) is 9.97 Å². The van der Waals surface area contributed by atoms with E-state index in [0.29, 0.717) is 6.61 Å². The van der Waals surface area contributed by atoms with E-state index in [2.05, 4.69) is 25.9 Å². The number of aromatic nitrogens is 3. The Kier molecular flexibility index (Phi) is 2.98. The number of ether oxygens (including phenoxy) is 1. The van der Waals surface area contributed by atoms with Gasteiger partial charge in [-0.1, -0.05) is 18.2 Å². The molecule has 0 unspecified atom stereocenters. The van der Waals surface area contributed by atoms with Crippen LogP contribution in [0.25, 0.3) is 5.52 Å². The zero-order valence-electron chi connectivity index (χ0n) is 9.45. The molecule has 0 saturated heterocycles. The van der Waals surface area contributed by atoms with E-state index in [4.69, 9.17) is 4.74 Å². The normalized spacial score (nSPS) is 10.7. The SMILES string of the molecule is Brc1nc(COc2ccccc2)n2cnccc12. The standard InChI is InChI=1S/C13H10BrN3O/c14-13-11-6-7-15-9-17(11)12(16-13)8-18-10-4-2-1-3-5-10/h1-7,9H,8H2. The molecule has 5 heteroatoms. The van der Waals surface area contributed by atoms with E-state index in [1.165, 1.54) is 0 Å². The van der Waals surface area contributed by atoms with Crippen molar-refractivity contribution in [1.29, 1.82) is 0 Å². The van der Waals surface area contributed by atoms with Crippen LogP contribution in [-0.2, 0) is 6.61 Å². The largest absolute Gasteiger partial charge is 0.486 e. The fraction of sp³-hybridized carbons (Fsp3) is 0.0769. The van der Waals surface area contributed by atoms with Crippen molar-refractivity contribution >= 4 is 21.4 Å². The van der Waals surface area contributed by atoms with E-state index in [1.807, 2.05) is 40.8 Å². The smallest absolute Gasteiger partial charge is 0.153 e. The summed E-state index contributed by atoms with van der Waals surface area (Å²) in [5.41, 5.74) is 0.983. The summed E-state index contributed by atoms with van der Waals surface area (Å²) in [4.78, 5) is 8.51. The molecular weight excluding hydrogens is 294 g/mol. The number of benzene rings is 1. The van der Waals surface area contributed by atoms with Gasteiger partial charge in [-0.05, 0) is 34.1 Å². The van der Waals surface area contributed by atoms with Crippen LogP contribution < -0.4 is 4.74 Å². The highest BCUT2D eigenvalue weighted by atomic mass is 79.9. The van der Waals surface area contributed by atoms with Gasteiger partial charge in [-0.2, -0.15) is 0 Å². The van der Waals surface area contributed by atoms with Crippen molar-refractivity contribution in [1.82, 2.24) is 14.4 Å².